The Kier molecular flexibility index (Phi) is 5.88. The molecule has 0 bridgehead atoms. The SMILES string of the molecule is Cn1ncc(NCCCN2CCN(c3ccccn3)CC2)c(Cl)c1=O. The van der Waals surface area contributed by atoms with Gasteiger partial charge in [-0.25, -0.2) is 9.67 Å². The Morgan fingerprint density at radius 1 is 1.24 bits per heavy atom. The van der Waals surface area contributed by atoms with Crippen molar-refractivity contribution in [2.75, 3.05) is 49.5 Å². The van der Waals surface area contributed by atoms with Crippen molar-refractivity contribution in [1.29, 1.82) is 0 Å². The van der Waals surface area contributed by atoms with Crippen molar-refractivity contribution in [1.82, 2.24) is 19.7 Å². The molecule has 2 aromatic heterocycles. The minimum atomic E-state index is -0.280. The first-order valence-electron chi connectivity index (χ1n) is 8.49. The van der Waals surface area contributed by atoms with Gasteiger partial charge in [-0.05, 0) is 25.1 Å². The predicted molar refractivity (Wildman–Crippen MR) is 100 cm³/mol. The highest BCUT2D eigenvalue weighted by Gasteiger charge is 2.17. The predicted octanol–water partition coefficient (Wildman–Crippen LogP) is 1.45. The number of piperazine rings is 1. The maximum Gasteiger partial charge on any atom is 0.287 e. The number of rotatable bonds is 6. The molecule has 7 nitrogen and oxygen atoms in total. The van der Waals surface area contributed by atoms with E-state index in [4.69, 9.17) is 11.6 Å². The third kappa shape index (κ3) is 4.49. The van der Waals surface area contributed by atoms with E-state index in [-0.39, 0.29) is 10.6 Å². The van der Waals surface area contributed by atoms with Crippen molar-refractivity contribution in [2.45, 2.75) is 6.42 Å². The van der Waals surface area contributed by atoms with Crippen LogP contribution in [-0.4, -0.2) is 58.9 Å². The van der Waals surface area contributed by atoms with E-state index < -0.39 is 0 Å². The number of pyridine rings is 1. The summed E-state index contributed by atoms with van der Waals surface area (Å²) in [5.74, 6) is 1.05. The second-order valence-corrected chi connectivity index (χ2v) is 6.48. The van der Waals surface area contributed by atoms with Crippen molar-refractivity contribution in [3.05, 3.63) is 46.0 Å². The van der Waals surface area contributed by atoms with Gasteiger partial charge >= 0.3 is 0 Å². The average Bonchev–Trinajstić information content (AvgIpc) is 2.66. The zero-order valence-electron chi connectivity index (χ0n) is 14.4. The fourth-order valence-corrected chi connectivity index (χ4v) is 3.14. The highest BCUT2D eigenvalue weighted by atomic mass is 35.5. The van der Waals surface area contributed by atoms with Crippen LogP contribution in [0.5, 0.6) is 0 Å². The van der Waals surface area contributed by atoms with E-state index in [0.29, 0.717) is 5.69 Å². The van der Waals surface area contributed by atoms with Gasteiger partial charge in [-0.2, -0.15) is 5.10 Å². The first-order valence-corrected chi connectivity index (χ1v) is 8.87. The Morgan fingerprint density at radius 3 is 2.76 bits per heavy atom. The molecule has 0 aromatic carbocycles. The zero-order chi connectivity index (χ0) is 17.6. The molecule has 8 heteroatoms. The van der Waals surface area contributed by atoms with E-state index >= 15 is 0 Å². The largest absolute Gasteiger partial charge is 0.382 e. The molecule has 2 aromatic rings. The highest BCUT2D eigenvalue weighted by Crippen LogP contribution is 2.15. The van der Waals surface area contributed by atoms with Crippen LogP contribution in [0.25, 0.3) is 0 Å². The van der Waals surface area contributed by atoms with Crippen LogP contribution in [0, 0.1) is 0 Å². The summed E-state index contributed by atoms with van der Waals surface area (Å²) in [4.78, 5) is 20.9. The van der Waals surface area contributed by atoms with Crippen molar-refractivity contribution < 1.29 is 0 Å². The third-order valence-corrected chi connectivity index (χ3v) is 4.76. The van der Waals surface area contributed by atoms with Crippen LogP contribution in [-0.2, 0) is 7.05 Å². The molecule has 0 amide bonds. The van der Waals surface area contributed by atoms with Gasteiger partial charge in [-0.15, -0.1) is 0 Å². The summed E-state index contributed by atoms with van der Waals surface area (Å²) in [5.41, 5.74) is 0.321. The number of hydrogen-bond donors (Lipinski definition) is 1. The molecule has 3 heterocycles. The van der Waals surface area contributed by atoms with E-state index in [1.807, 2.05) is 18.3 Å². The molecule has 0 atom stereocenters. The molecule has 1 saturated heterocycles. The maximum absolute atomic E-state index is 11.7. The lowest BCUT2D eigenvalue weighted by molar-refractivity contribution is 0.256. The summed E-state index contributed by atoms with van der Waals surface area (Å²) < 4.78 is 1.23. The molecule has 1 aliphatic rings. The fourth-order valence-electron chi connectivity index (χ4n) is 2.90. The molecule has 0 aliphatic carbocycles. The quantitative estimate of drug-likeness (QED) is 0.785. The summed E-state index contributed by atoms with van der Waals surface area (Å²) >= 11 is 6.04. The molecule has 0 radical (unpaired) electrons. The topological polar surface area (TPSA) is 66.3 Å². The summed E-state index contributed by atoms with van der Waals surface area (Å²) in [7, 11) is 1.59. The molecule has 1 fully saturated rings. The second-order valence-electron chi connectivity index (χ2n) is 6.10. The number of halogens is 1. The average molecular weight is 363 g/mol. The lowest BCUT2D eigenvalue weighted by atomic mass is 10.2. The molecular formula is C17H23ClN6O. The molecule has 0 spiro atoms. The van der Waals surface area contributed by atoms with Gasteiger partial charge in [0.2, 0.25) is 0 Å². The van der Waals surface area contributed by atoms with Crippen molar-refractivity contribution in [3.8, 4) is 0 Å². The van der Waals surface area contributed by atoms with Crippen LogP contribution in [0.2, 0.25) is 5.02 Å². The molecule has 25 heavy (non-hydrogen) atoms. The molecule has 134 valence electrons. The Balaban J connectivity index is 1.39. The smallest absolute Gasteiger partial charge is 0.287 e. The normalized spacial score (nSPS) is 15.4. The number of aromatic nitrogens is 3. The Hall–Kier alpha value is -2.12. The van der Waals surface area contributed by atoms with Gasteiger partial charge in [-0.3, -0.25) is 9.69 Å². The minimum Gasteiger partial charge on any atom is -0.382 e. The Bertz CT molecular complexity index is 743. The highest BCUT2D eigenvalue weighted by molar-refractivity contribution is 6.32. The monoisotopic (exact) mass is 362 g/mol. The summed E-state index contributed by atoms with van der Waals surface area (Å²) in [6.45, 7) is 5.83. The van der Waals surface area contributed by atoms with Gasteiger partial charge < -0.3 is 10.2 Å². The maximum atomic E-state index is 11.7. The summed E-state index contributed by atoms with van der Waals surface area (Å²) in [5, 5.41) is 7.38. The van der Waals surface area contributed by atoms with Gasteiger partial charge in [0.15, 0.2) is 0 Å². The number of anilines is 2. The van der Waals surface area contributed by atoms with Crippen LogP contribution in [0.4, 0.5) is 11.5 Å². The number of aryl methyl sites for hydroxylation is 1. The van der Waals surface area contributed by atoms with Crippen molar-refractivity contribution >= 4 is 23.1 Å². The summed E-state index contributed by atoms with van der Waals surface area (Å²) in [6.07, 6.45) is 4.41. The Morgan fingerprint density at radius 2 is 2.04 bits per heavy atom. The Labute approximate surface area is 152 Å². The third-order valence-electron chi connectivity index (χ3n) is 4.39. The van der Waals surface area contributed by atoms with Gasteiger partial charge in [0.05, 0.1) is 11.9 Å². The molecule has 1 aliphatic heterocycles. The molecular weight excluding hydrogens is 340 g/mol. The van der Waals surface area contributed by atoms with Crippen molar-refractivity contribution in [2.24, 2.45) is 7.05 Å². The van der Waals surface area contributed by atoms with Gasteiger partial charge in [0.25, 0.3) is 5.56 Å². The summed E-state index contributed by atoms with van der Waals surface area (Å²) in [6, 6.07) is 6.02. The second kappa shape index (κ2) is 8.31. The molecule has 0 saturated carbocycles. The van der Waals surface area contributed by atoms with E-state index in [2.05, 4.69) is 31.3 Å². The van der Waals surface area contributed by atoms with Crippen LogP contribution < -0.4 is 15.8 Å². The molecule has 0 unspecified atom stereocenters. The first kappa shape index (κ1) is 17.7. The minimum absolute atomic E-state index is 0.196. The standard InChI is InChI=1S/C17H23ClN6O/c1-22-17(25)16(18)14(13-21-22)19-7-4-8-23-9-11-24(12-10-23)15-5-2-3-6-20-15/h2-3,5-6,13,19H,4,7-12H2,1H3. The van der Waals surface area contributed by atoms with Crippen LogP contribution in [0.1, 0.15) is 6.42 Å². The van der Waals surface area contributed by atoms with Gasteiger partial charge in [-0.1, -0.05) is 17.7 Å². The van der Waals surface area contributed by atoms with E-state index in [0.717, 1.165) is 51.5 Å². The molecule has 1 N–H and O–H groups in total. The fraction of sp³-hybridized carbons (Fsp3) is 0.471. The van der Waals surface area contributed by atoms with E-state index in [1.54, 1.807) is 13.2 Å². The van der Waals surface area contributed by atoms with Crippen molar-refractivity contribution in [3.63, 3.8) is 0 Å². The van der Waals surface area contributed by atoms with Gasteiger partial charge in [0, 0.05) is 46.0 Å². The van der Waals surface area contributed by atoms with Crippen LogP contribution >= 0.6 is 11.6 Å². The number of hydrogen-bond acceptors (Lipinski definition) is 6. The zero-order valence-corrected chi connectivity index (χ0v) is 15.1. The number of nitrogens with one attached hydrogen (secondary N) is 1. The van der Waals surface area contributed by atoms with Crippen LogP contribution in [0.15, 0.2) is 35.4 Å². The van der Waals surface area contributed by atoms with Gasteiger partial charge in [0.1, 0.15) is 10.8 Å². The van der Waals surface area contributed by atoms with Crippen LogP contribution in [0.3, 0.4) is 0 Å². The lowest BCUT2D eigenvalue weighted by Gasteiger charge is -2.35. The van der Waals surface area contributed by atoms with E-state index in [1.165, 1.54) is 4.68 Å². The molecule has 3 rings (SSSR count). The first-order chi connectivity index (χ1) is 12.1. The van der Waals surface area contributed by atoms with E-state index in [9.17, 15) is 4.79 Å². The number of nitrogens with zero attached hydrogens (tertiary/aromatic N) is 5. The lowest BCUT2D eigenvalue weighted by Crippen LogP contribution is -2.47.